The summed E-state index contributed by atoms with van der Waals surface area (Å²) in [6, 6.07) is 20.0. The fourth-order valence-corrected chi connectivity index (χ4v) is 3.61. The molecule has 1 heterocycles. The minimum absolute atomic E-state index is 0.350. The van der Waals surface area contributed by atoms with Crippen molar-refractivity contribution in [3.63, 3.8) is 0 Å². The van der Waals surface area contributed by atoms with Crippen molar-refractivity contribution < 1.29 is 0 Å². The van der Waals surface area contributed by atoms with Gasteiger partial charge in [-0.05, 0) is 41.8 Å². The normalized spacial score (nSPS) is 12.7. The zero-order valence-electron chi connectivity index (χ0n) is 12.6. The van der Waals surface area contributed by atoms with Crippen molar-refractivity contribution in [2.45, 2.75) is 32.9 Å². The summed E-state index contributed by atoms with van der Waals surface area (Å²) in [6.45, 7) is 5.40. The van der Waals surface area contributed by atoms with E-state index in [-0.39, 0.29) is 0 Å². The van der Waals surface area contributed by atoms with Crippen LogP contribution < -0.4 is 5.32 Å². The molecule has 1 unspecified atom stereocenters. The molecule has 0 aliphatic heterocycles. The molecule has 0 saturated carbocycles. The molecule has 1 atom stereocenters. The molecule has 0 aliphatic carbocycles. The predicted octanol–water partition coefficient (Wildman–Crippen LogP) is 5.31. The summed E-state index contributed by atoms with van der Waals surface area (Å²) in [4.78, 5) is 2.88. The molecule has 2 aromatic carbocycles. The van der Waals surface area contributed by atoms with Crippen LogP contribution in [0.2, 0.25) is 0 Å². The standard InChI is InChI=1S/C19H21NS/c1-3-16-11-12-17(21-16)13-20-14(2)18-10-6-8-15-7-4-5-9-19(15)18/h4-12,14,20H,3,13H2,1-2H3. The highest BCUT2D eigenvalue weighted by Crippen LogP contribution is 2.25. The minimum atomic E-state index is 0.350. The van der Waals surface area contributed by atoms with Gasteiger partial charge in [0.1, 0.15) is 0 Å². The van der Waals surface area contributed by atoms with Crippen LogP contribution in [0.4, 0.5) is 0 Å². The lowest BCUT2D eigenvalue weighted by Crippen LogP contribution is -2.17. The molecule has 108 valence electrons. The number of fused-ring (bicyclic) bond motifs is 1. The second-order valence-electron chi connectivity index (χ2n) is 5.39. The number of nitrogens with one attached hydrogen (secondary N) is 1. The molecule has 2 heteroatoms. The van der Waals surface area contributed by atoms with Crippen LogP contribution in [-0.2, 0) is 13.0 Å². The van der Waals surface area contributed by atoms with Gasteiger partial charge in [-0.1, -0.05) is 49.4 Å². The van der Waals surface area contributed by atoms with Gasteiger partial charge in [0.15, 0.2) is 0 Å². The molecular formula is C19H21NS. The van der Waals surface area contributed by atoms with Crippen LogP contribution >= 0.6 is 11.3 Å². The third kappa shape index (κ3) is 3.17. The molecular weight excluding hydrogens is 274 g/mol. The van der Waals surface area contributed by atoms with Gasteiger partial charge in [0.25, 0.3) is 0 Å². The van der Waals surface area contributed by atoms with Crippen molar-refractivity contribution in [1.82, 2.24) is 5.32 Å². The number of rotatable bonds is 5. The Kier molecular flexibility index (Phi) is 4.37. The molecule has 1 nitrogen and oxygen atoms in total. The van der Waals surface area contributed by atoms with E-state index in [4.69, 9.17) is 0 Å². The van der Waals surface area contributed by atoms with Crippen molar-refractivity contribution in [2.75, 3.05) is 0 Å². The van der Waals surface area contributed by atoms with Crippen molar-refractivity contribution in [3.05, 3.63) is 69.9 Å². The summed E-state index contributed by atoms with van der Waals surface area (Å²) in [5, 5.41) is 6.32. The van der Waals surface area contributed by atoms with E-state index in [2.05, 4.69) is 73.8 Å². The van der Waals surface area contributed by atoms with E-state index >= 15 is 0 Å². The van der Waals surface area contributed by atoms with Gasteiger partial charge in [0.05, 0.1) is 0 Å². The lowest BCUT2D eigenvalue weighted by Gasteiger charge is -2.16. The molecule has 0 saturated heterocycles. The summed E-state index contributed by atoms with van der Waals surface area (Å²) in [5.74, 6) is 0. The lowest BCUT2D eigenvalue weighted by atomic mass is 10.00. The molecule has 1 N–H and O–H groups in total. The summed E-state index contributed by atoms with van der Waals surface area (Å²) in [7, 11) is 0. The van der Waals surface area contributed by atoms with E-state index in [9.17, 15) is 0 Å². The Labute approximate surface area is 130 Å². The molecule has 0 spiro atoms. The molecule has 0 aliphatic rings. The van der Waals surface area contributed by atoms with E-state index < -0.39 is 0 Å². The van der Waals surface area contributed by atoms with Crippen LogP contribution in [0, 0.1) is 0 Å². The van der Waals surface area contributed by atoms with E-state index in [0.717, 1.165) is 13.0 Å². The number of aryl methyl sites for hydroxylation is 1. The maximum Gasteiger partial charge on any atom is 0.0305 e. The quantitative estimate of drug-likeness (QED) is 0.672. The summed E-state index contributed by atoms with van der Waals surface area (Å²) in [6.07, 6.45) is 1.13. The van der Waals surface area contributed by atoms with Gasteiger partial charge in [-0.15, -0.1) is 11.3 Å². The van der Waals surface area contributed by atoms with Crippen LogP contribution in [0.15, 0.2) is 54.6 Å². The first-order valence-electron chi connectivity index (χ1n) is 7.56. The third-order valence-electron chi connectivity index (χ3n) is 3.94. The summed E-state index contributed by atoms with van der Waals surface area (Å²) < 4.78 is 0. The Bertz CT molecular complexity index is 724. The van der Waals surface area contributed by atoms with E-state index in [1.165, 1.54) is 26.1 Å². The minimum Gasteiger partial charge on any atom is -0.305 e. The second kappa shape index (κ2) is 6.42. The maximum atomic E-state index is 3.66. The fourth-order valence-electron chi connectivity index (χ4n) is 2.70. The van der Waals surface area contributed by atoms with Crippen molar-refractivity contribution >= 4 is 22.1 Å². The smallest absolute Gasteiger partial charge is 0.0305 e. The average Bonchev–Trinajstić information content (AvgIpc) is 3.00. The van der Waals surface area contributed by atoms with Crippen molar-refractivity contribution in [1.29, 1.82) is 0 Å². The highest BCUT2D eigenvalue weighted by Gasteiger charge is 2.09. The number of benzene rings is 2. The van der Waals surface area contributed by atoms with Gasteiger partial charge >= 0.3 is 0 Å². The number of hydrogen-bond donors (Lipinski definition) is 1. The Balaban J connectivity index is 1.76. The van der Waals surface area contributed by atoms with Gasteiger partial charge in [0.2, 0.25) is 0 Å². The highest BCUT2D eigenvalue weighted by atomic mass is 32.1. The van der Waals surface area contributed by atoms with Gasteiger partial charge in [-0.25, -0.2) is 0 Å². The average molecular weight is 295 g/mol. The number of thiophene rings is 1. The Morgan fingerprint density at radius 1 is 0.952 bits per heavy atom. The zero-order chi connectivity index (χ0) is 14.7. The first-order chi connectivity index (χ1) is 10.3. The summed E-state index contributed by atoms with van der Waals surface area (Å²) >= 11 is 1.91. The van der Waals surface area contributed by atoms with Crippen LogP contribution in [0.3, 0.4) is 0 Å². The van der Waals surface area contributed by atoms with Crippen molar-refractivity contribution in [3.8, 4) is 0 Å². The molecule has 0 radical (unpaired) electrons. The van der Waals surface area contributed by atoms with Crippen LogP contribution in [-0.4, -0.2) is 0 Å². The lowest BCUT2D eigenvalue weighted by molar-refractivity contribution is 0.582. The molecule has 3 aromatic rings. The second-order valence-corrected chi connectivity index (χ2v) is 6.65. The molecule has 0 bridgehead atoms. The van der Waals surface area contributed by atoms with Gasteiger partial charge in [0, 0.05) is 22.3 Å². The van der Waals surface area contributed by atoms with Crippen LogP contribution in [0.5, 0.6) is 0 Å². The largest absolute Gasteiger partial charge is 0.305 e. The predicted molar refractivity (Wildman–Crippen MR) is 92.9 cm³/mol. The molecule has 0 amide bonds. The molecule has 3 rings (SSSR count). The Morgan fingerprint density at radius 3 is 2.52 bits per heavy atom. The van der Waals surface area contributed by atoms with E-state index in [1.807, 2.05) is 11.3 Å². The maximum absolute atomic E-state index is 3.66. The van der Waals surface area contributed by atoms with E-state index in [1.54, 1.807) is 0 Å². The monoisotopic (exact) mass is 295 g/mol. The van der Waals surface area contributed by atoms with Gasteiger partial charge in [-0.2, -0.15) is 0 Å². The zero-order valence-corrected chi connectivity index (χ0v) is 13.4. The third-order valence-corrected chi connectivity index (χ3v) is 5.17. The molecule has 21 heavy (non-hydrogen) atoms. The van der Waals surface area contributed by atoms with Gasteiger partial charge < -0.3 is 5.32 Å². The SMILES string of the molecule is CCc1ccc(CNC(C)c2cccc3ccccc23)s1. The molecule has 0 fully saturated rings. The first kappa shape index (κ1) is 14.3. The molecule has 1 aromatic heterocycles. The first-order valence-corrected chi connectivity index (χ1v) is 8.38. The van der Waals surface area contributed by atoms with Crippen molar-refractivity contribution in [2.24, 2.45) is 0 Å². The summed E-state index contributed by atoms with van der Waals surface area (Å²) in [5.41, 5.74) is 1.38. The Hall–Kier alpha value is -1.64. The highest BCUT2D eigenvalue weighted by molar-refractivity contribution is 7.11. The van der Waals surface area contributed by atoms with Gasteiger partial charge in [-0.3, -0.25) is 0 Å². The fraction of sp³-hybridized carbons (Fsp3) is 0.263. The topological polar surface area (TPSA) is 12.0 Å². The van der Waals surface area contributed by atoms with E-state index in [0.29, 0.717) is 6.04 Å². The number of hydrogen-bond acceptors (Lipinski definition) is 2. The van der Waals surface area contributed by atoms with Crippen LogP contribution in [0.25, 0.3) is 10.8 Å². The van der Waals surface area contributed by atoms with Crippen LogP contribution in [0.1, 0.15) is 35.2 Å². The Morgan fingerprint density at radius 2 is 1.71 bits per heavy atom.